The van der Waals surface area contributed by atoms with Gasteiger partial charge in [0.1, 0.15) is 12.9 Å². The summed E-state index contributed by atoms with van der Waals surface area (Å²) in [6.07, 6.45) is 1.64. The van der Waals surface area contributed by atoms with Crippen LogP contribution in [0.15, 0.2) is 60.0 Å². The zero-order valence-corrected chi connectivity index (χ0v) is 18.1. The Balaban J connectivity index is 1.51. The first-order valence-corrected chi connectivity index (χ1v) is 10.7. The van der Waals surface area contributed by atoms with Crippen molar-refractivity contribution in [2.24, 2.45) is 0 Å². The highest BCUT2D eigenvalue weighted by molar-refractivity contribution is 7.99. The van der Waals surface area contributed by atoms with Crippen LogP contribution < -0.4 is 4.74 Å². The summed E-state index contributed by atoms with van der Waals surface area (Å²) in [5.74, 6) is 0.386. The molecule has 0 saturated carbocycles. The van der Waals surface area contributed by atoms with Gasteiger partial charge in [0.15, 0.2) is 16.7 Å². The lowest BCUT2D eigenvalue weighted by Gasteiger charge is -2.17. The van der Waals surface area contributed by atoms with Crippen molar-refractivity contribution in [2.75, 3.05) is 26.0 Å². The molecule has 0 aliphatic heterocycles. The summed E-state index contributed by atoms with van der Waals surface area (Å²) in [5.41, 5.74) is 2.21. The van der Waals surface area contributed by atoms with Crippen molar-refractivity contribution in [3.8, 4) is 11.4 Å². The lowest BCUT2D eigenvalue weighted by Crippen LogP contribution is -2.32. The summed E-state index contributed by atoms with van der Waals surface area (Å²) < 4.78 is 20.8. The number of carbonyl (C=O) groups is 1. The van der Waals surface area contributed by atoms with E-state index in [1.54, 1.807) is 36.5 Å². The van der Waals surface area contributed by atoms with Crippen LogP contribution >= 0.6 is 11.8 Å². The first-order chi connectivity index (χ1) is 14.5. The van der Waals surface area contributed by atoms with Gasteiger partial charge in [0.2, 0.25) is 5.91 Å². The number of likely N-dealkylation sites (N-methyl/N-ethyl adjacent to an activating group) is 1. The average Bonchev–Trinajstić information content (AvgIpc) is 3.22. The highest BCUT2D eigenvalue weighted by Crippen LogP contribution is 2.22. The molecule has 1 amide bonds. The number of para-hydroxylation sites is 1. The number of carbonyl (C=O) groups excluding carboxylic acids is 1. The van der Waals surface area contributed by atoms with Crippen molar-refractivity contribution in [1.29, 1.82) is 0 Å². The van der Waals surface area contributed by atoms with Crippen LogP contribution in [0.3, 0.4) is 0 Å². The number of amides is 1. The molecule has 1 aromatic heterocycles. The van der Waals surface area contributed by atoms with Gasteiger partial charge in [-0.05, 0) is 35.7 Å². The van der Waals surface area contributed by atoms with Gasteiger partial charge in [-0.2, -0.15) is 0 Å². The first kappa shape index (κ1) is 21.8. The number of halogens is 1. The summed E-state index contributed by atoms with van der Waals surface area (Å²) >= 11 is 1.33. The van der Waals surface area contributed by atoms with E-state index in [0.29, 0.717) is 17.6 Å². The highest BCUT2D eigenvalue weighted by atomic mass is 32.2. The molecule has 0 aliphatic rings. The fourth-order valence-corrected chi connectivity index (χ4v) is 3.60. The maximum atomic E-state index is 13.6. The molecule has 0 atom stereocenters. The third-order valence-corrected chi connectivity index (χ3v) is 5.55. The van der Waals surface area contributed by atoms with Gasteiger partial charge in [0, 0.05) is 12.7 Å². The van der Waals surface area contributed by atoms with Crippen LogP contribution in [0.2, 0.25) is 0 Å². The van der Waals surface area contributed by atoms with Gasteiger partial charge in [-0.3, -0.25) is 9.36 Å². The predicted octanol–water partition coefficient (Wildman–Crippen LogP) is 4.16. The molecule has 158 valence electrons. The fraction of sp³-hybridized carbons (Fsp3) is 0.318. The summed E-state index contributed by atoms with van der Waals surface area (Å²) in [4.78, 5) is 14.0. The van der Waals surface area contributed by atoms with Crippen LogP contribution in [0.25, 0.3) is 5.69 Å². The molecule has 0 aliphatic carbocycles. The molecule has 1 heterocycles. The molecule has 3 rings (SSSR count). The van der Waals surface area contributed by atoms with E-state index in [0.717, 1.165) is 5.69 Å². The van der Waals surface area contributed by atoms with Gasteiger partial charge < -0.3 is 9.64 Å². The second-order valence-electron chi connectivity index (χ2n) is 7.11. The van der Waals surface area contributed by atoms with Crippen molar-refractivity contribution >= 4 is 17.7 Å². The molecule has 0 spiro atoms. The van der Waals surface area contributed by atoms with Gasteiger partial charge in [0.25, 0.3) is 0 Å². The minimum atomic E-state index is -0.414. The number of hydrogen-bond donors (Lipinski definition) is 0. The quantitative estimate of drug-likeness (QED) is 0.479. The molecule has 2 aromatic carbocycles. The molecule has 6 nitrogen and oxygen atoms in total. The smallest absolute Gasteiger partial charge is 0.232 e. The van der Waals surface area contributed by atoms with Crippen molar-refractivity contribution in [2.45, 2.75) is 24.9 Å². The van der Waals surface area contributed by atoms with Gasteiger partial charge in [0.05, 0.1) is 12.3 Å². The highest BCUT2D eigenvalue weighted by Gasteiger charge is 2.14. The Labute approximate surface area is 180 Å². The van der Waals surface area contributed by atoms with Crippen LogP contribution in [0.5, 0.6) is 5.75 Å². The molecule has 0 bridgehead atoms. The number of rotatable bonds is 9. The molecule has 0 N–H and O–H groups in total. The third-order valence-electron chi connectivity index (χ3n) is 4.63. The summed E-state index contributed by atoms with van der Waals surface area (Å²) in [7, 11) is 1.70. The Morgan fingerprint density at radius 2 is 1.93 bits per heavy atom. The number of aromatic nitrogens is 3. The van der Waals surface area contributed by atoms with Crippen molar-refractivity contribution in [3.05, 3.63) is 66.2 Å². The average molecular weight is 429 g/mol. The number of benzene rings is 2. The van der Waals surface area contributed by atoms with E-state index in [-0.39, 0.29) is 24.0 Å². The number of ether oxygens (including phenoxy) is 1. The molecule has 30 heavy (non-hydrogen) atoms. The number of thioether (sulfide) groups is 1. The molecular weight excluding hydrogens is 403 g/mol. The predicted molar refractivity (Wildman–Crippen MR) is 116 cm³/mol. The fourth-order valence-electron chi connectivity index (χ4n) is 2.74. The maximum absolute atomic E-state index is 13.6. The molecule has 0 unspecified atom stereocenters. The van der Waals surface area contributed by atoms with Crippen LogP contribution in [0.1, 0.15) is 25.3 Å². The van der Waals surface area contributed by atoms with E-state index in [9.17, 15) is 9.18 Å². The zero-order chi connectivity index (χ0) is 21.5. The Bertz CT molecular complexity index is 975. The first-order valence-electron chi connectivity index (χ1n) is 9.70. The van der Waals surface area contributed by atoms with Crippen molar-refractivity contribution in [3.63, 3.8) is 0 Å². The SMILES string of the molecule is CC(C)c1ccc(-n2cnnc2SCC(=O)N(C)CCOc2ccccc2F)cc1. The van der Waals surface area contributed by atoms with Gasteiger partial charge >= 0.3 is 0 Å². The monoisotopic (exact) mass is 428 g/mol. The standard InChI is InChI=1S/C22H25FN4O2S/c1-16(2)17-8-10-18(11-9-17)27-15-24-25-22(27)30-14-21(28)26(3)12-13-29-20-7-5-4-6-19(20)23/h4-11,15-16H,12-14H2,1-3H3. The summed E-state index contributed by atoms with van der Waals surface area (Å²) in [6.45, 7) is 4.88. The van der Waals surface area contributed by atoms with E-state index >= 15 is 0 Å². The van der Waals surface area contributed by atoms with Crippen molar-refractivity contribution in [1.82, 2.24) is 19.7 Å². The molecule has 0 saturated heterocycles. The van der Waals surface area contributed by atoms with E-state index in [1.807, 2.05) is 16.7 Å². The lowest BCUT2D eigenvalue weighted by atomic mass is 10.0. The Morgan fingerprint density at radius 3 is 2.63 bits per heavy atom. The van der Waals surface area contributed by atoms with E-state index in [2.05, 4.69) is 36.2 Å². The Morgan fingerprint density at radius 1 is 1.20 bits per heavy atom. The van der Waals surface area contributed by atoms with Gasteiger partial charge in [-0.1, -0.05) is 49.9 Å². The minimum Gasteiger partial charge on any atom is -0.489 e. The summed E-state index contributed by atoms with van der Waals surface area (Å²) in [6, 6.07) is 14.4. The Kier molecular flexibility index (Phi) is 7.46. The van der Waals surface area contributed by atoms with Crippen LogP contribution in [-0.4, -0.2) is 51.5 Å². The van der Waals surface area contributed by atoms with Gasteiger partial charge in [-0.25, -0.2) is 4.39 Å². The van der Waals surface area contributed by atoms with E-state index < -0.39 is 5.82 Å². The third kappa shape index (κ3) is 5.60. The minimum absolute atomic E-state index is 0.0677. The summed E-state index contributed by atoms with van der Waals surface area (Å²) in [5, 5.41) is 8.76. The van der Waals surface area contributed by atoms with Gasteiger partial charge in [-0.15, -0.1) is 10.2 Å². The second-order valence-corrected chi connectivity index (χ2v) is 8.06. The van der Waals surface area contributed by atoms with Crippen LogP contribution in [0, 0.1) is 5.82 Å². The van der Waals surface area contributed by atoms with Crippen LogP contribution in [0.4, 0.5) is 4.39 Å². The van der Waals surface area contributed by atoms with Crippen molar-refractivity contribution < 1.29 is 13.9 Å². The van der Waals surface area contributed by atoms with Crippen LogP contribution in [-0.2, 0) is 4.79 Å². The molecule has 8 heteroatoms. The molecule has 0 radical (unpaired) electrons. The largest absolute Gasteiger partial charge is 0.489 e. The topological polar surface area (TPSA) is 60.2 Å². The zero-order valence-electron chi connectivity index (χ0n) is 17.3. The van der Waals surface area contributed by atoms with E-state index in [4.69, 9.17) is 4.74 Å². The maximum Gasteiger partial charge on any atom is 0.232 e. The lowest BCUT2D eigenvalue weighted by molar-refractivity contribution is -0.127. The normalized spacial score (nSPS) is 11.0. The Hall–Kier alpha value is -2.87. The van der Waals surface area contributed by atoms with E-state index in [1.165, 1.54) is 23.4 Å². The number of hydrogen-bond acceptors (Lipinski definition) is 5. The number of nitrogens with zero attached hydrogens (tertiary/aromatic N) is 4. The second kappa shape index (κ2) is 10.2. The molecule has 0 fully saturated rings. The molecule has 3 aromatic rings. The molecular formula is C22H25FN4O2S.